The number of hydrogen-bond acceptors (Lipinski definition) is 3. The molecule has 0 unspecified atom stereocenters. The van der Waals surface area contributed by atoms with Crippen LogP contribution in [0.2, 0.25) is 0 Å². The first-order chi connectivity index (χ1) is 7.06. The molecule has 0 saturated heterocycles. The van der Waals surface area contributed by atoms with Gasteiger partial charge < -0.3 is 9.84 Å². The first kappa shape index (κ1) is 12.2. The van der Waals surface area contributed by atoms with E-state index in [1.165, 1.54) is 6.92 Å². The monoisotopic (exact) mass is 272 g/mol. The number of ketones is 1. The summed E-state index contributed by atoms with van der Waals surface area (Å²) in [6.07, 6.45) is 0. The van der Waals surface area contributed by atoms with Crippen LogP contribution >= 0.6 is 15.9 Å². The molecule has 0 fully saturated rings. The average molecular weight is 273 g/mol. The Balaban J connectivity index is 3.10. The van der Waals surface area contributed by atoms with Crippen molar-refractivity contribution in [2.75, 3.05) is 6.61 Å². The predicted octanol–water partition coefficient (Wildman–Crippen LogP) is 2.89. The topological polar surface area (TPSA) is 46.5 Å². The van der Waals surface area contributed by atoms with E-state index in [4.69, 9.17) is 4.74 Å². The van der Waals surface area contributed by atoms with E-state index in [-0.39, 0.29) is 11.5 Å². The maximum absolute atomic E-state index is 11.2. The molecular formula is C11H13BrO3. The van der Waals surface area contributed by atoms with Crippen molar-refractivity contribution >= 4 is 21.7 Å². The van der Waals surface area contributed by atoms with Gasteiger partial charge in [0.05, 0.1) is 12.2 Å². The van der Waals surface area contributed by atoms with E-state index in [0.29, 0.717) is 24.3 Å². The second-order valence-corrected chi connectivity index (χ2v) is 4.07. The number of carbonyl (C=O) groups is 1. The van der Waals surface area contributed by atoms with Gasteiger partial charge >= 0.3 is 0 Å². The fourth-order valence-electron chi connectivity index (χ4n) is 1.25. The Morgan fingerprint density at radius 2 is 2.20 bits per heavy atom. The van der Waals surface area contributed by atoms with Crippen molar-refractivity contribution in [3.8, 4) is 5.75 Å². The number of rotatable bonds is 4. The molecule has 3 nitrogen and oxygen atoms in total. The number of ether oxygens (including phenoxy) is 1. The van der Waals surface area contributed by atoms with Crippen molar-refractivity contribution < 1.29 is 14.6 Å². The van der Waals surface area contributed by atoms with Crippen LogP contribution < -0.4 is 0 Å². The molecule has 0 amide bonds. The van der Waals surface area contributed by atoms with Crippen molar-refractivity contribution in [2.45, 2.75) is 20.5 Å². The van der Waals surface area contributed by atoms with E-state index in [1.54, 1.807) is 12.1 Å². The van der Waals surface area contributed by atoms with Crippen LogP contribution in [0.3, 0.4) is 0 Å². The fourth-order valence-corrected chi connectivity index (χ4v) is 1.75. The number of phenols is 1. The van der Waals surface area contributed by atoms with Crippen molar-refractivity contribution in [3.05, 3.63) is 27.7 Å². The molecular weight excluding hydrogens is 260 g/mol. The normalized spacial score (nSPS) is 10.3. The fraction of sp³-hybridized carbons (Fsp3) is 0.364. The molecule has 0 aliphatic rings. The number of benzene rings is 1. The highest BCUT2D eigenvalue weighted by atomic mass is 79.9. The summed E-state index contributed by atoms with van der Waals surface area (Å²) in [6.45, 7) is 4.18. The Labute approximate surface area is 97.2 Å². The Kier molecular flexibility index (Phi) is 4.29. The molecule has 0 aliphatic carbocycles. The second-order valence-electron chi connectivity index (χ2n) is 3.15. The number of Topliss-reactive ketones (excluding diaryl/α,β-unsaturated/α-hetero) is 1. The van der Waals surface area contributed by atoms with E-state index in [1.807, 2.05) is 6.92 Å². The Bertz CT molecular complexity index is 374. The first-order valence-electron chi connectivity index (χ1n) is 4.66. The lowest BCUT2D eigenvalue weighted by molar-refractivity contribution is 0.101. The first-order valence-corrected chi connectivity index (χ1v) is 5.45. The molecule has 0 heterocycles. The molecule has 1 rings (SSSR count). The molecule has 15 heavy (non-hydrogen) atoms. The van der Waals surface area contributed by atoms with Crippen molar-refractivity contribution in [3.63, 3.8) is 0 Å². The lowest BCUT2D eigenvalue weighted by atomic mass is 10.1. The molecule has 82 valence electrons. The van der Waals surface area contributed by atoms with Gasteiger partial charge in [0.2, 0.25) is 0 Å². The minimum absolute atomic E-state index is 0.0131. The molecule has 1 aromatic rings. The van der Waals surface area contributed by atoms with Gasteiger partial charge in [-0.05, 0) is 26.0 Å². The van der Waals surface area contributed by atoms with Crippen LogP contribution in [-0.4, -0.2) is 17.5 Å². The summed E-state index contributed by atoms with van der Waals surface area (Å²) in [7, 11) is 0. The second kappa shape index (κ2) is 5.28. The zero-order valence-corrected chi connectivity index (χ0v) is 10.3. The van der Waals surface area contributed by atoms with Crippen LogP contribution in [0.15, 0.2) is 16.6 Å². The van der Waals surface area contributed by atoms with E-state index in [0.717, 1.165) is 4.47 Å². The number of aromatic hydroxyl groups is 1. The van der Waals surface area contributed by atoms with Crippen LogP contribution in [0.25, 0.3) is 0 Å². The number of carbonyl (C=O) groups excluding carboxylic acids is 1. The molecule has 0 aliphatic heterocycles. The van der Waals surface area contributed by atoms with Crippen molar-refractivity contribution in [2.24, 2.45) is 0 Å². The van der Waals surface area contributed by atoms with Crippen LogP contribution in [0.1, 0.15) is 29.8 Å². The van der Waals surface area contributed by atoms with Gasteiger partial charge in [-0.3, -0.25) is 4.79 Å². The van der Waals surface area contributed by atoms with Gasteiger partial charge in [0, 0.05) is 16.6 Å². The highest BCUT2D eigenvalue weighted by Gasteiger charge is 2.12. The molecule has 0 spiro atoms. The molecule has 0 radical (unpaired) electrons. The average Bonchev–Trinajstić information content (AvgIpc) is 2.18. The Morgan fingerprint density at radius 1 is 1.53 bits per heavy atom. The summed E-state index contributed by atoms with van der Waals surface area (Å²) in [6, 6.07) is 3.35. The molecule has 0 bridgehead atoms. The van der Waals surface area contributed by atoms with Crippen LogP contribution in [0.4, 0.5) is 0 Å². The van der Waals surface area contributed by atoms with E-state index < -0.39 is 0 Å². The predicted molar refractivity (Wildman–Crippen MR) is 61.1 cm³/mol. The number of phenolic OH excluding ortho intramolecular Hbond substituents is 1. The highest BCUT2D eigenvalue weighted by molar-refractivity contribution is 9.10. The number of hydrogen-bond donors (Lipinski definition) is 1. The standard InChI is InChI=1S/C11H13BrO3/c1-3-15-6-8-4-9(12)5-10(7(2)13)11(8)14/h4-5,14H,3,6H2,1-2H3. The molecule has 1 aromatic carbocycles. The lowest BCUT2D eigenvalue weighted by Crippen LogP contribution is -1.99. The van der Waals surface area contributed by atoms with E-state index >= 15 is 0 Å². The highest BCUT2D eigenvalue weighted by Crippen LogP contribution is 2.28. The van der Waals surface area contributed by atoms with E-state index in [9.17, 15) is 9.90 Å². The van der Waals surface area contributed by atoms with Crippen LogP contribution in [0.5, 0.6) is 5.75 Å². The third-order valence-electron chi connectivity index (χ3n) is 1.99. The van der Waals surface area contributed by atoms with Gasteiger partial charge in [0.25, 0.3) is 0 Å². The summed E-state index contributed by atoms with van der Waals surface area (Å²) in [5.74, 6) is -0.148. The maximum Gasteiger partial charge on any atom is 0.163 e. The van der Waals surface area contributed by atoms with Gasteiger partial charge in [-0.1, -0.05) is 15.9 Å². The third kappa shape index (κ3) is 3.04. The SMILES string of the molecule is CCOCc1cc(Br)cc(C(C)=O)c1O. The number of halogens is 1. The zero-order valence-electron chi connectivity index (χ0n) is 8.71. The van der Waals surface area contributed by atoms with Gasteiger partial charge in [-0.15, -0.1) is 0 Å². The molecule has 0 aromatic heterocycles. The van der Waals surface area contributed by atoms with Gasteiger partial charge in [0.1, 0.15) is 5.75 Å². The molecule has 4 heteroatoms. The van der Waals surface area contributed by atoms with E-state index in [2.05, 4.69) is 15.9 Å². The summed E-state index contributed by atoms with van der Waals surface area (Å²) in [5, 5.41) is 9.79. The van der Waals surface area contributed by atoms with Gasteiger partial charge in [0.15, 0.2) is 5.78 Å². The third-order valence-corrected chi connectivity index (χ3v) is 2.45. The molecule has 1 N–H and O–H groups in total. The summed E-state index contributed by atoms with van der Waals surface area (Å²) < 4.78 is 5.96. The minimum atomic E-state index is -0.161. The summed E-state index contributed by atoms with van der Waals surface area (Å²) >= 11 is 3.29. The zero-order chi connectivity index (χ0) is 11.4. The largest absolute Gasteiger partial charge is 0.507 e. The summed E-state index contributed by atoms with van der Waals surface area (Å²) in [4.78, 5) is 11.2. The lowest BCUT2D eigenvalue weighted by Gasteiger charge is -2.08. The molecule has 0 saturated carbocycles. The quantitative estimate of drug-likeness (QED) is 0.858. The van der Waals surface area contributed by atoms with Gasteiger partial charge in [-0.25, -0.2) is 0 Å². The smallest absolute Gasteiger partial charge is 0.163 e. The molecule has 0 atom stereocenters. The van der Waals surface area contributed by atoms with Crippen LogP contribution in [-0.2, 0) is 11.3 Å². The minimum Gasteiger partial charge on any atom is -0.507 e. The Hall–Kier alpha value is -0.870. The van der Waals surface area contributed by atoms with Crippen molar-refractivity contribution in [1.82, 2.24) is 0 Å². The summed E-state index contributed by atoms with van der Waals surface area (Å²) in [5.41, 5.74) is 0.940. The Morgan fingerprint density at radius 3 is 2.73 bits per heavy atom. The maximum atomic E-state index is 11.2. The van der Waals surface area contributed by atoms with Crippen LogP contribution in [0, 0.1) is 0 Å². The van der Waals surface area contributed by atoms with Crippen molar-refractivity contribution in [1.29, 1.82) is 0 Å². The van der Waals surface area contributed by atoms with Gasteiger partial charge in [-0.2, -0.15) is 0 Å².